The van der Waals surface area contributed by atoms with Gasteiger partial charge in [-0.25, -0.2) is 4.79 Å². The van der Waals surface area contributed by atoms with Gasteiger partial charge in [0.05, 0.1) is 37.0 Å². The third kappa shape index (κ3) is 40.7. The third-order valence-electron chi connectivity index (χ3n) is 16.2. The van der Waals surface area contributed by atoms with Gasteiger partial charge in [-0.3, -0.25) is 38.4 Å². The summed E-state index contributed by atoms with van der Waals surface area (Å²) in [5.74, 6) is -2.02. The Morgan fingerprint density at radius 3 is 1.41 bits per heavy atom. The molecule has 3 rings (SSSR count). The molecule has 0 aliphatic carbocycles. The van der Waals surface area contributed by atoms with Gasteiger partial charge in [0.25, 0.3) is 0 Å². The molecule has 0 aromatic heterocycles. The number of hydrogen-bond donors (Lipinski definition) is 0. The quantitative estimate of drug-likeness (QED) is 0.0106. The molecule has 7 unspecified atom stereocenters. The summed E-state index contributed by atoms with van der Waals surface area (Å²) in [5, 5.41) is 0. The van der Waals surface area contributed by atoms with Crippen molar-refractivity contribution in [1.82, 2.24) is 0 Å². The van der Waals surface area contributed by atoms with E-state index in [0.29, 0.717) is 19.3 Å². The van der Waals surface area contributed by atoms with Crippen LogP contribution in [-0.2, 0) is 66.8 Å². The number of unbranched alkanes of at least 4 members (excludes halogenated alkanes) is 22. The monoisotopic (exact) mass is 1230 g/mol. The first kappa shape index (κ1) is 80.3. The molecule has 0 radical (unpaired) electrons. The molecule has 3 fully saturated rings. The minimum atomic E-state index is -0.420. The highest BCUT2D eigenvalue weighted by atomic mass is 16.6. The molecular weight excluding hydrogens is 1110 g/mol. The summed E-state index contributed by atoms with van der Waals surface area (Å²) in [6.45, 7) is 12.5. The van der Waals surface area contributed by atoms with Crippen molar-refractivity contribution >= 4 is 53.7 Å². The molecule has 0 amide bonds. The summed E-state index contributed by atoms with van der Waals surface area (Å²) >= 11 is 0. The number of allylic oxidation sites excluding steroid dienone is 13. The Balaban J connectivity index is 0.00000111. The van der Waals surface area contributed by atoms with Gasteiger partial charge in [0, 0.05) is 12.8 Å². The minimum Gasteiger partial charge on any atom is -0.462 e. The van der Waals surface area contributed by atoms with Gasteiger partial charge >= 0.3 is 47.8 Å². The molecule has 3 aliphatic heterocycles. The molecule has 7 atom stereocenters. The summed E-state index contributed by atoms with van der Waals surface area (Å²) in [6.07, 6.45) is 60.9. The van der Waals surface area contributed by atoms with Crippen molar-refractivity contribution in [3.63, 3.8) is 0 Å². The fourth-order valence-corrected chi connectivity index (χ4v) is 11.0. The lowest BCUT2D eigenvalue weighted by Gasteiger charge is -2.17. The number of rotatable bonds is 50. The van der Waals surface area contributed by atoms with Crippen molar-refractivity contribution in [2.24, 2.45) is 35.5 Å². The van der Waals surface area contributed by atoms with Crippen LogP contribution in [0.3, 0.4) is 0 Å². The van der Waals surface area contributed by atoms with Gasteiger partial charge in [-0.05, 0) is 120 Å². The van der Waals surface area contributed by atoms with Crippen LogP contribution in [0.2, 0.25) is 0 Å². The van der Waals surface area contributed by atoms with Crippen LogP contribution in [-0.4, -0.2) is 66.4 Å². The van der Waals surface area contributed by atoms with E-state index in [1.165, 1.54) is 51.4 Å². The Morgan fingerprint density at radius 1 is 0.455 bits per heavy atom. The molecule has 0 saturated carbocycles. The SMILES string of the molecule is CC.CCC(/C=C/C=C\C/C=C\CCCCCCCC=C=O)C1CC(=O)OC1=O.CCCCCCCCC(/C=C/CCCCCCC(=O)OC(CCC)COC(=O)CCCCCCC/C=C\C=C\C(CCCCC)C1CC(=O)OC1=O)C1CC(=O)OC1=O. The second kappa shape index (κ2) is 55.3. The van der Waals surface area contributed by atoms with Gasteiger partial charge in [-0.2, -0.15) is 0 Å². The van der Waals surface area contributed by atoms with Crippen molar-refractivity contribution in [1.29, 1.82) is 0 Å². The van der Waals surface area contributed by atoms with Gasteiger partial charge < -0.3 is 23.7 Å². The standard InChI is InChI=1S/C49H78O10.C23H32O4.C2H6/c1-4-7-9-10-18-24-32-40(43-37-47(53)59-49(43)55)33-26-20-16-17-22-28-35-45(51)57-41(29-6-3)38-56-44(50)34-27-21-15-13-11-12-14-19-25-31-39(30-23-8-5-2)42-36-46(52)58-48(42)54;1-2-20(21-19-22(25)27-23(21)26)17-15-13-11-9-7-5-3-4-6-8-10-12-14-16-18-24;1-2/h14,19,25-26,31,33,39-43H,4-13,15-18,20-24,27-30,32,34-38H2,1-3H3;5,7,11,13,15-17,20-21H,2-4,6,8-10,12,14,19H2,1H3;1-2H3/b19-14-,31-25+,33-26+;7-5-,13-11-,17-15+;. The van der Waals surface area contributed by atoms with Crippen molar-refractivity contribution < 1.29 is 66.8 Å². The molecule has 14 nitrogen and oxygen atoms in total. The van der Waals surface area contributed by atoms with E-state index in [1.54, 1.807) is 6.08 Å². The Bertz CT molecular complexity index is 2180. The summed E-state index contributed by atoms with van der Waals surface area (Å²) in [6, 6.07) is 0. The van der Waals surface area contributed by atoms with Crippen molar-refractivity contribution in [2.75, 3.05) is 6.61 Å². The zero-order valence-electron chi connectivity index (χ0n) is 55.3. The van der Waals surface area contributed by atoms with Crippen molar-refractivity contribution in [3.8, 4) is 0 Å². The lowest BCUT2D eigenvalue weighted by atomic mass is 9.86. The van der Waals surface area contributed by atoms with E-state index in [2.05, 4.69) is 55.0 Å². The normalized spacial score (nSPS) is 18.2. The maximum atomic E-state index is 12.6. The summed E-state index contributed by atoms with van der Waals surface area (Å²) in [5.41, 5.74) is 0. The molecular formula is C74H116O14. The average molecular weight is 1230 g/mol. The smallest absolute Gasteiger partial charge is 0.317 e. The Hall–Kier alpha value is -5.75. The van der Waals surface area contributed by atoms with Crippen LogP contribution >= 0.6 is 0 Å². The second-order valence-corrected chi connectivity index (χ2v) is 23.5. The van der Waals surface area contributed by atoms with Gasteiger partial charge in [-0.1, -0.05) is 230 Å². The highest BCUT2D eigenvalue weighted by Gasteiger charge is 2.39. The number of hydrogen-bond acceptors (Lipinski definition) is 14. The summed E-state index contributed by atoms with van der Waals surface area (Å²) in [4.78, 5) is 105. The van der Waals surface area contributed by atoms with E-state index in [1.807, 2.05) is 70.1 Å². The topological polar surface area (TPSA) is 200 Å². The van der Waals surface area contributed by atoms with Crippen LogP contribution in [0.4, 0.5) is 0 Å². The zero-order chi connectivity index (χ0) is 64.7. The Labute approximate surface area is 531 Å². The van der Waals surface area contributed by atoms with E-state index in [0.717, 1.165) is 154 Å². The first-order chi connectivity index (χ1) is 42.9. The Morgan fingerprint density at radius 2 is 0.886 bits per heavy atom. The Kier molecular flexibility index (Phi) is 50.5. The summed E-state index contributed by atoms with van der Waals surface area (Å²) in [7, 11) is 0. The van der Waals surface area contributed by atoms with Crippen LogP contribution < -0.4 is 0 Å². The van der Waals surface area contributed by atoms with Crippen LogP contribution in [0.5, 0.6) is 0 Å². The molecule has 3 heterocycles. The number of esters is 8. The minimum absolute atomic E-state index is 0.0275. The molecule has 0 spiro atoms. The van der Waals surface area contributed by atoms with Crippen LogP contribution in [0, 0.1) is 35.5 Å². The van der Waals surface area contributed by atoms with Gasteiger partial charge in [-0.15, -0.1) is 0 Å². The number of carbonyl (C=O) groups excluding carboxylic acids is 9. The lowest BCUT2D eigenvalue weighted by Crippen LogP contribution is -2.25. The van der Waals surface area contributed by atoms with Gasteiger partial charge in [0.1, 0.15) is 18.7 Å². The first-order valence-corrected chi connectivity index (χ1v) is 34.6. The first-order valence-electron chi connectivity index (χ1n) is 34.6. The van der Waals surface area contributed by atoms with Gasteiger partial charge in [0.2, 0.25) is 0 Å². The van der Waals surface area contributed by atoms with Crippen molar-refractivity contribution in [3.05, 3.63) is 79.0 Å². The van der Waals surface area contributed by atoms with E-state index < -0.39 is 30.0 Å². The fourth-order valence-electron chi connectivity index (χ4n) is 11.0. The molecule has 3 saturated heterocycles. The molecule has 0 bridgehead atoms. The number of ether oxygens (including phenoxy) is 5. The predicted molar refractivity (Wildman–Crippen MR) is 350 cm³/mol. The third-order valence-corrected chi connectivity index (χ3v) is 16.2. The molecule has 3 aliphatic rings. The van der Waals surface area contributed by atoms with E-state index in [4.69, 9.17) is 18.9 Å². The summed E-state index contributed by atoms with van der Waals surface area (Å²) < 4.78 is 25.4. The fraction of sp³-hybridized carbons (Fsp3) is 0.703. The molecule has 14 heteroatoms. The molecule has 496 valence electrons. The van der Waals surface area contributed by atoms with E-state index >= 15 is 0 Å². The molecule has 0 aromatic carbocycles. The molecule has 0 aromatic rings. The number of carbonyl (C=O) groups is 8. The van der Waals surface area contributed by atoms with Crippen molar-refractivity contribution in [2.45, 2.75) is 292 Å². The second-order valence-electron chi connectivity index (χ2n) is 23.5. The maximum Gasteiger partial charge on any atom is 0.317 e. The van der Waals surface area contributed by atoms with Crippen LogP contribution in [0.15, 0.2) is 79.0 Å². The zero-order valence-corrected chi connectivity index (χ0v) is 55.3. The van der Waals surface area contributed by atoms with Gasteiger partial charge in [0.15, 0.2) is 0 Å². The largest absolute Gasteiger partial charge is 0.462 e. The van der Waals surface area contributed by atoms with E-state index in [-0.39, 0.29) is 85.3 Å². The van der Waals surface area contributed by atoms with Crippen LogP contribution in [0.25, 0.3) is 0 Å². The lowest BCUT2D eigenvalue weighted by molar-refractivity contribution is -0.159. The molecule has 0 N–H and O–H groups in total. The molecule has 88 heavy (non-hydrogen) atoms. The highest BCUT2D eigenvalue weighted by molar-refractivity contribution is 5.96. The number of cyclic esters (lactones) is 6. The maximum absolute atomic E-state index is 12.6. The van der Waals surface area contributed by atoms with Crippen LogP contribution in [0.1, 0.15) is 286 Å². The predicted octanol–water partition coefficient (Wildman–Crippen LogP) is 18.0. The highest BCUT2D eigenvalue weighted by Crippen LogP contribution is 2.32. The average Bonchev–Trinajstić information content (AvgIpc) is 3.52. The van der Waals surface area contributed by atoms with E-state index in [9.17, 15) is 43.2 Å².